The number of rotatable bonds is 2. The first-order valence-corrected chi connectivity index (χ1v) is 7.41. The molecule has 1 aliphatic rings. The van der Waals surface area contributed by atoms with Gasteiger partial charge in [0.05, 0.1) is 11.9 Å². The van der Waals surface area contributed by atoms with Crippen molar-refractivity contribution in [1.29, 1.82) is 0 Å². The van der Waals surface area contributed by atoms with Gasteiger partial charge in [0, 0.05) is 24.7 Å². The van der Waals surface area contributed by atoms with Crippen molar-refractivity contribution in [3.05, 3.63) is 34.0 Å². The molecule has 1 fully saturated rings. The van der Waals surface area contributed by atoms with Crippen molar-refractivity contribution in [3.8, 4) is 0 Å². The van der Waals surface area contributed by atoms with Crippen LogP contribution in [0.5, 0.6) is 0 Å². The van der Waals surface area contributed by atoms with Gasteiger partial charge >= 0.3 is 0 Å². The molecule has 8 nitrogen and oxygen atoms in total. The predicted molar refractivity (Wildman–Crippen MR) is 82.0 cm³/mol. The lowest BCUT2D eigenvalue weighted by Crippen LogP contribution is -2.36. The summed E-state index contributed by atoms with van der Waals surface area (Å²) in [6, 6.07) is 2.09. The zero-order valence-corrected chi connectivity index (χ0v) is 12.3. The molecular weight excluding hydrogens is 282 g/mol. The fourth-order valence-corrected chi connectivity index (χ4v) is 3.04. The zero-order valence-electron chi connectivity index (χ0n) is 12.3. The summed E-state index contributed by atoms with van der Waals surface area (Å²) in [6.07, 6.45) is 3.63. The summed E-state index contributed by atoms with van der Waals surface area (Å²) >= 11 is 0. The first kappa shape index (κ1) is 13.1. The van der Waals surface area contributed by atoms with Crippen LogP contribution in [0.4, 0.5) is 5.95 Å². The van der Waals surface area contributed by atoms with Crippen LogP contribution in [0.25, 0.3) is 11.0 Å². The molecule has 0 aromatic carbocycles. The maximum Gasteiger partial charge on any atom is 0.263 e. The maximum atomic E-state index is 12.1. The van der Waals surface area contributed by atoms with Crippen LogP contribution in [0.2, 0.25) is 0 Å². The Morgan fingerprint density at radius 3 is 3.09 bits per heavy atom. The fraction of sp³-hybridized carbons (Fsp3) is 0.429. The fourth-order valence-electron chi connectivity index (χ4n) is 3.04. The lowest BCUT2D eigenvalue weighted by Gasteiger charge is -2.32. The van der Waals surface area contributed by atoms with Crippen molar-refractivity contribution >= 4 is 17.0 Å². The van der Waals surface area contributed by atoms with E-state index in [1.165, 1.54) is 6.20 Å². The minimum Gasteiger partial charge on any atom is -0.342 e. The Labute approximate surface area is 126 Å². The normalized spacial score (nSPS) is 19.0. The van der Waals surface area contributed by atoms with Gasteiger partial charge in [-0.05, 0) is 25.8 Å². The van der Waals surface area contributed by atoms with E-state index in [-0.39, 0.29) is 5.56 Å². The molecule has 0 bridgehead atoms. The summed E-state index contributed by atoms with van der Waals surface area (Å²) in [4.78, 5) is 21.5. The monoisotopic (exact) mass is 299 g/mol. The molecule has 4 rings (SSSR count). The molecule has 3 aromatic heterocycles. The molecule has 22 heavy (non-hydrogen) atoms. The topological polar surface area (TPSA) is 106 Å². The summed E-state index contributed by atoms with van der Waals surface area (Å²) in [5.74, 6) is 0.945. The van der Waals surface area contributed by atoms with Gasteiger partial charge in [-0.1, -0.05) is 0 Å². The van der Waals surface area contributed by atoms with Crippen molar-refractivity contribution in [2.75, 3.05) is 18.0 Å². The second-order valence-electron chi connectivity index (χ2n) is 5.78. The second kappa shape index (κ2) is 4.97. The minimum atomic E-state index is -0.161. The molecule has 1 aliphatic heterocycles. The van der Waals surface area contributed by atoms with Crippen molar-refractivity contribution in [2.45, 2.75) is 25.7 Å². The summed E-state index contributed by atoms with van der Waals surface area (Å²) in [7, 11) is 0. The molecule has 8 heteroatoms. The van der Waals surface area contributed by atoms with Crippen LogP contribution >= 0.6 is 0 Å². The van der Waals surface area contributed by atoms with Crippen LogP contribution in [-0.4, -0.2) is 43.5 Å². The molecule has 0 amide bonds. The van der Waals surface area contributed by atoms with E-state index in [9.17, 15) is 4.79 Å². The second-order valence-corrected chi connectivity index (χ2v) is 5.78. The Hall–Kier alpha value is -2.64. The quantitative estimate of drug-likeness (QED) is 0.656. The van der Waals surface area contributed by atoms with E-state index in [4.69, 9.17) is 0 Å². The third-order valence-corrected chi connectivity index (χ3v) is 4.17. The number of hydrogen-bond donors (Lipinski definition) is 3. The Kier molecular flexibility index (Phi) is 2.95. The highest BCUT2D eigenvalue weighted by atomic mass is 16.1. The van der Waals surface area contributed by atoms with Crippen LogP contribution in [-0.2, 0) is 0 Å². The molecule has 4 heterocycles. The van der Waals surface area contributed by atoms with Gasteiger partial charge in [-0.25, -0.2) is 0 Å². The van der Waals surface area contributed by atoms with Crippen LogP contribution in [0, 0.1) is 6.92 Å². The number of anilines is 1. The number of aromatic nitrogens is 6. The highest BCUT2D eigenvalue weighted by Crippen LogP contribution is 2.27. The van der Waals surface area contributed by atoms with E-state index in [1.807, 2.05) is 6.92 Å². The van der Waals surface area contributed by atoms with E-state index in [0.29, 0.717) is 22.9 Å². The van der Waals surface area contributed by atoms with Crippen LogP contribution in [0.1, 0.15) is 30.1 Å². The highest BCUT2D eigenvalue weighted by Gasteiger charge is 2.25. The van der Waals surface area contributed by atoms with Crippen LogP contribution in [0.15, 0.2) is 17.1 Å². The largest absolute Gasteiger partial charge is 0.342 e. The standard InChI is InChI=1S/C14H17N7O/c1-8-5-11(19-18-8)9-3-2-4-21(7-9)14-16-12-10(6-15-20-12)13(22)17-14/h5-6,9H,2-4,7H2,1H3,(H,18,19)(H2,15,16,17,20,22)/t9-/m0/s1. The molecule has 0 spiro atoms. The minimum absolute atomic E-state index is 0.161. The summed E-state index contributed by atoms with van der Waals surface area (Å²) < 4.78 is 0. The summed E-state index contributed by atoms with van der Waals surface area (Å²) in [5, 5.41) is 14.5. The number of piperidine rings is 1. The lowest BCUT2D eigenvalue weighted by atomic mass is 9.95. The highest BCUT2D eigenvalue weighted by molar-refractivity contribution is 5.73. The maximum absolute atomic E-state index is 12.1. The first-order chi connectivity index (χ1) is 10.7. The van der Waals surface area contributed by atoms with E-state index in [0.717, 1.165) is 37.3 Å². The van der Waals surface area contributed by atoms with Gasteiger partial charge in [0.2, 0.25) is 5.95 Å². The van der Waals surface area contributed by atoms with Gasteiger partial charge in [-0.3, -0.25) is 20.0 Å². The molecule has 0 aliphatic carbocycles. The van der Waals surface area contributed by atoms with Gasteiger partial charge in [-0.15, -0.1) is 0 Å². The molecular formula is C14H17N7O. The Morgan fingerprint density at radius 2 is 2.27 bits per heavy atom. The van der Waals surface area contributed by atoms with Crippen LogP contribution in [0.3, 0.4) is 0 Å². The number of hydrogen-bond acceptors (Lipinski definition) is 5. The van der Waals surface area contributed by atoms with E-state index in [2.05, 4.69) is 41.3 Å². The number of aromatic amines is 3. The Balaban J connectivity index is 1.64. The van der Waals surface area contributed by atoms with Crippen LogP contribution < -0.4 is 10.5 Å². The lowest BCUT2D eigenvalue weighted by molar-refractivity contribution is 0.495. The SMILES string of the molecule is Cc1cc([C@H]2CCCN(c3nc4[nH]ncc4c(=O)[nH]3)C2)n[nH]1. The first-order valence-electron chi connectivity index (χ1n) is 7.41. The summed E-state index contributed by atoms with van der Waals surface area (Å²) in [5.41, 5.74) is 2.51. The van der Waals surface area contributed by atoms with Gasteiger partial charge in [0.25, 0.3) is 5.56 Å². The third-order valence-electron chi connectivity index (χ3n) is 4.17. The molecule has 114 valence electrons. The smallest absolute Gasteiger partial charge is 0.263 e. The molecule has 1 saturated heterocycles. The number of aryl methyl sites for hydroxylation is 1. The third kappa shape index (κ3) is 2.16. The number of nitrogens with one attached hydrogen (secondary N) is 3. The molecule has 0 unspecified atom stereocenters. The molecule has 1 atom stereocenters. The number of nitrogens with zero attached hydrogens (tertiary/aromatic N) is 4. The van der Waals surface area contributed by atoms with Crippen molar-refractivity contribution in [2.24, 2.45) is 0 Å². The molecule has 0 radical (unpaired) electrons. The van der Waals surface area contributed by atoms with Gasteiger partial charge < -0.3 is 4.90 Å². The van der Waals surface area contributed by atoms with E-state index < -0.39 is 0 Å². The number of fused-ring (bicyclic) bond motifs is 1. The van der Waals surface area contributed by atoms with Crippen molar-refractivity contribution < 1.29 is 0 Å². The molecule has 3 aromatic rings. The predicted octanol–water partition coefficient (Wildman–Crippen LogP) is 1.06. The van der Waals surface area contributed by atoms with Gasteiger partial charge in [-0.2, -0.15) is 15.2 Å². The van der Waals surface area contributed by atoms with Crippen molar-refractivity contribution in [1.82, 2.24) is 30.4 Å². The van der Waals surface area contributed by atoms with Crippen molar-refractivity contribution in [3.63, 3.8) is 0 Å². The summed E-state index contributed by atoms with van der Waals surface area (Å²) in [6.45, 7) is 3.68. The number of H-pyrrole nitrogens is 3. The van der Waals surface area contributed by atoms with E-state index >= 15 is 0 Å². The zero-order chi connectivity index (χ0) is 15.1. The van der Waals surface area contributed by atoms with Gasteiger partial charge in [0.15, 0.2) is 5.65 Å². The van der Waals surface area contributed by atoms with Gasteiger partial charge in [0.1, 0.15) is 5.39 Å². The van der Waals surface area contributed by atoms with E-state index in [1.54, 1.807) is 0 Å². The average molecular weight is 299 g/mol. The molecule has 0 saturated carbocycles. The average Bonchev–Trinajstić information content (AvgIpc) is 3.16. The Bertz CT molecular complexity index is 861. The molecule has 3 N–H and O–H groups in total. The Morgan fingerprint density at radius 1 is 1.36 bits per heavy atom.